The largest absolute Gasteiger partial charge is 0.379 e. The molecule has 1 saturated heterocycles. The average molecular weight is 232 g/mol. The Kier molecular flexibility index (Phi) is 5.39. The smallest absolute Gasteiger partial charge is 0.0638 e. The van der Waals surface area contributed by atoms with E-state index in [4.69, 9.17) is 10.5 Å². The lowest BCUT2D eigenvalue weighted by atomic mass is 9.97. The van der Waals surface area contributed by atoms with Crippen molar-refractivity contribution < 1.29 is 4.74 Å². The van der Waals surface area contributed by atoms with Crippen LogP contribution in [0.2, 0.25) is 0 Å². The monoisotopic (exact) mass is 232 g/mol. The number of hydrogen-bond acceptors (Lipinski definition) is 4. The molecule has 1 aliphatic heterocycles. The Balaban J connectivity index is 2.46. The third-order valence-electron chi connectivity index (χ3n) is 3.11. The van der Waals surface area contributed by atoms with Gasteiger partial charge in [0.25, 0.3) is 0 Å². The quantitative estimate of drug-likeness (QED) is 0.772. The number of thioether (sulfide) groups is 1. The summed E-state index contributed by atoms with van der Waals surface area (Å²) >= 11 is 2.04. The molecule has 1 rings (SSSR count). The Hall–Kier alpha value is 0.230. The first-order chi connectivity index (χ1) is 7.09. The van der Waals surface area contributed by atoms with Gasteiger partial charge in [-0.05, 0) is 20.3 Å². The number of rotatable bonds is 5. The second kappa shape index (κ2) is 6.09. The summed E-state index contributed by atoms with van der Waals surface area (Å²) in [5.74, 6) is 2.48. The molecule has 1 atom stereocenters. The van der Waals surface area contributed by atoms with Crippen molar-refractivity contribution in [3.8, 4) is 0 Å². The van der Waals surface area contributed by atoms with E-state index in [0.717, 1.165) is 13.0 Å². The highest BCUT2D eigenvalue weighted by atomic mass is 32.2. The molecule has 0 amide bonds. The molecular formula is C11H24N2OS. The summed E-state index contributed by atoms with van der Waals surface area (Å²) in [4.78, 5) is 2.51. The molecule has 1 unspecified atom stereocenters. The molecule has 1 aliphatic rings. The zero-order chi connectivity index (χ0) is 11.3. The first-order valence-electron chi connectivity index (χ1n) is 5.66. The van der Waals surface area contributed by atoms with Gasteiger partial charge in [-0.15, -0.1) is 0 Å². The number of hydrogen-bond donors (Lipinski definition) is 1. The van der Waals surface area contributed by atoms with E-state index in [-0.39, 0.29) is 5.60 Å². The number of methoxy groups -OCH3 is 1. The fourth-order valence-electron chi connectivity index (χ4n) is 1.95. The summed E-state index contributed by atoms with van der Waals surface area (Å²) in [6.07, 6.45) is 1.02. The molecule has 0 bridgehead atoms. The molecule has 0 radical (unpaired) electrons. The fourth-order valence-corrected chi connectivity index (χ4v) is 2.89. The van der Waals surface area contributed by atoms with Gasteiger partial charge in [0.2, 0.25) is 0 Å². The number of ether oxygens (including phenoxy) is 1. The fraction of sp³-hybridized carbons (Fsp3) is 1.00. The SMILES string of the molecule is COC(C)(C)CC(CN)N1CCSCC1. The molecule has 2 N–H and O–H groups in total. The highest BCUT2D eigenvalue weighted by Crippen LogP contribution is 2.21. The van der Waals surface area contributed by atoms with Crippen LogP contribution in [-0.4, -0.2) is 54.8 Å². The maximum atomic E-state index is 5.86. The van der Waals surface area contributed by atoms with Gasteiger partial charge in [0.15, 0.2) is 0 Å². The summed E-state index contributed by atoms with van der Waals surface area (Å²) in [5, 5.41) is 0. The Morgan fingerprint density at radius 2 is 2.00 bits per heavy atom. The summed E-state index contributed by atoms with van der Waals surface area (Å²) < 4.78 is 5.47. The minimum absolute atomic E-state index is 0.0609. The predicted octanol–water partition coefficient (Wildman–Crippen LogP) is 1.18. The van der Waals surface area contributed by atoms with E-state index in [9.17, 15) is 0 Å². The number of nitrogens with two attached hydrogens (primary N) is 1. The van der Waals surface area contributed by atoms with Crippen molar-refractivity contribution >= 4 is 11.8 Å². The van der Waals surface area contributed by atoms with Gasteiger partial charge in [-0.1, -0.05) is 0 Å². The minimum Gasteiger partial charge on any atom is -0.379 e. The van der Waals surface area contributed by atoms with Crippen LogP contribution in [0.1, 0.15) is 20.3 Å². The van der Waals surface area contributed by atoms with Crippen LogP contribution in [0.5, 0.6) is 0 Å². The topological polar surface area (TPSA) is 38.5 Å². The Morgan fingerprint density at radius 3 is 2.47 bits per heavy atom. The van der Waals surface area contributed by atoms with Crippen LogP contribution in [0.15, 0.2) is 0 Å². The summed E-state index contributed by atoms with van der Waals surface area (Å²) in [7, 11) is 1.78. The first kappa shape index (κ1) is 13.3. The molecule has 4 heteroatoms. The zero-order valence-corrected chi connectivity index (χ0v) is 11.0. The average Bonchev–Trinajstić information content (AvgIpc) is 2.27. The van der Waals surface area contributed by atoms with Crippen molar-refractivity contribution in [2.45, 2.75) is 31.9 Å². The molecule has 0 aliphatic carbocycles. The van der Waals surface area contributed by atoms with Crippen molar-refractivity contribution in [2.75, 3.05) is 38.2 Å². The van der Waals surface area contributed by atoms with Gasteiger partial charge in [0.1, 0.15) is 0 Å². The van der Waals surface area contributed by atoms with Crippen LogP contribution < -0.4 is 5.73 Å². The van der Waals surface area contributed by atoms with Gasteiger partial charge in [0.05, 0.1) is 5.60 Å². The van der Waals surface area contributed by atoms with Crippen molar-refractivity contribution in [2.24, 2.45) is 5.73 Å². The summed E-state index contributed by atoms with van der Waals surface area (Å²) in [6.45, 7) is 7.35. The lowest BCUT2D eigenvalue weighted by Crippen LogP contribution is -2.48. The van der Waals surface area contributed by atoms with Gasteiger partial charge >= 0.3 is 0 Å². The van der Waals surface area contributed by atoms with Gasteiger partial charge in [-0.3, -0.25) is 4.90 Å². The zero-order valence-electron chi connectivity index (χ0n) is 10.2. The highest BCUT2D eigenvalue weighted by molar-refractivity contribution is 7.99. The van der Waals surface area contributed by atoms with Gasteiger partial charge in [-0.25, -0.2) is 0 Å². The third-order valence-corrected chi connectivity index (χ3v) is 4.06. The second-order valence-corrected chi connectivity index (χ2v) is 5.93. The summed E-state index contributed by atoms with van der Waals surface area (Å²) in [5.41, 5.74) is 5.80. The molecule has 1 heterocycles. The molecule has 1 fully saturated rings. The van der Waals surface area contributed by atoms with Crippen molar-refractivity contribution in [3.63, 3.8) is 0 Å². The van der Waals surface area contributed by atoms with Crippen LogP contribution >= 0.6 is 11.8 Å². The molecule has 0 aromatic carbocycles. The predicted molar refractivity (Wildman–Crippen MR) is 67.4 cm³/mol. The number of nitrogens with zero attached hydrogens (tertiary/aromatic N) is 1. The lowest BCUT2D eigenvalue weighted by Gasteiger charge is -2.37. The highest BCUT2D eigenvalue weighted by Gasteiger charge is 2.27. The van der Waals surface area contributed by atoms with Crippen LogP contribution in [0.4, 0.5) is 0 Å². The molecular weight excluding hydrogens is 208 g/mol. The molecule has 90 valence electrons. The molecule has 15 heavy (non-hydrogen) atoms. The van der Waals surface area contributed by atoms with E-state index < -0.39 is 0 Å². The Labute approximate surface area is 97.7 Å². The van der Waals surface area contributed by atoms with Crippen LogP contribution in [0.25, 0.3) is 0 Å². The third kappa shape index (κ3) is 4.31. The molecule has 0 aromatic rings. The van der Waals surface area contributed by atoms with Crippen molar-refractivity contribution in [1.29, 1.82) is 0 Å². The molecule has 0 aromatic heterocycles. The normalized spacial score (nSPS) is 21.6. The van der Waals surface area contributed by atoms with E-state index >= 15 is 0 Å². The first-order valence-corrected chi connectivity index (χ1v) is 6.81. The van der Waals surface area contributed by atoms with Gasteiger partial charge < -0.3 is 10.5 Å². The maximum absolute atomic E-state index is 5.86. The lowest BCUT2D eigenvalue weighted by molar-refractivity contribution is -0.00641. The molecule has 3 nitrogen and oxygen atoms in total. The van der Waals surface area contributed by atoms with E-state index in [1.807, 2.05) is 11.8 Å². The van der Waals surface area contributed by atoms with E-state index in [2.05, 4.69) is 18.7 Å². The van der Waals surface area contributed by atoms with Crippen LogP contribution in [-0.2, 0) is 4.74 Å². The standard InChI is InChI=1S/C11H24N2OS/c1-11(2,14-3)8-10(9-12)13-4-6-15-7-5-13/h10H,4-9,12H2,1-3H3. The molecule has 0 spiro atoms. The van der Waals surface area contributed by atoms with Crippen molar-refractivity contribution in [3.05, 3.63) is 0 Å². The van der Waals surface area contributed by atoms with E-state index in [1.54, 1.807) is 7.11 Å². The Bertz CT molecular complexity index is 181. The summed E-state index contributed by atoms with van der Waals surface area (Å²) in [6, 6.07) is 0.473. The minimum atomic E-state index is -0.0609. The van der Waals surface area contributed by atoms with E-state index in [1.165, 1.54) is 24.6 Å². The Morgan fingerprint density at radius 1 is 1.40 bits per heavy atom. The van der Waals surface area contributed by atoms with Crippen LogP contribution in [0.3, 0.4) is 0 Å². The van der Waals surface area contributed by atoms with E-state index in [0.29, 0.717) is 6.04 Å². The second-order valence-electron chi connectivity index (χ2n) is 4.71. The van der Waals surface area contributed by atoms with Crippen LogP contribution in [0, 0.1) is 0 Å². The van der Waals surface area contributed by atoms with Gasteiger partial charge in [0, 0.05) is 44.3 Å². The van der Waals surface area contributed by atoms with Gasteiger partial charge in [-0.2, -0.15) is 11.8 Å². The van der Waals surface area contributed by atoms with Crippen molar-refractivity contribution in [1.82, 2.24) is 4.90 Å². The molecule has 0 saturated carbocycles. The maximum Gasteiger partial charge on any atom is 0.0638 e.